The maximum atomic E-state index is 12.2. The summed E-state index contributed by atoms with van der Waals surface area (Å²) in [6, 6.07) is -0.624. The Morgan fingerprint density at radius 1 is 1.42 bits per heavy atom. The summed E-state index contributed by atoms with van der Waals surface area (Å²) in [5.41, 5.74) is 0. The third-order valence-corrected chi connectivity index (χ3v) is 3.58. The fourth-order valence-corrected chi connectivity index (χ4v) is 2.46. The van der Waals surface area contributed by atoms with E-state index in [0.29, 0.717) is 19.8 Å². The highest BCUT2D eigenvalue weighted by molar-refractivity contribution is 5.76. The number of carbonyl (C=O) groups excluding carboxylic acids is 1. The van der Waals surface area contributed by atoms with Gasteiger partial charge in [0.1, 0.15) is 0 Å². The van der Waals surface area contributed by atoms with E-state index in [1.165, 1.54) is 0 Å². The van der Waals surface area contributed by atoms with Gasteiger partial charge in [0.05, 0.1) is 37.8 Å². The summed E-state index contributed by atoms with van der Waals surface area (Å²) < 4.78 is 10.6. The van der Waals surface area contributed by atoms with Gasteiger partial charge in [0.2, 0.25) is 0 Å². The maximum absolute atomic E-state index is 12.2. The summed E-state index contributed by atoms with van der Waals surface area (Å²) in [7, 11) is 0. The number of carbonyl (C=O) groups is 2. The van der Waals surface area contributed by atoms with Crippen LogP contribution in [-0.2, 0) is 14.3 Å². The predicted molar refractivity (Wildman–Crippen MR) is 65.9 cm³/mol. The summed E-state index contributed by atoms with van der Waals surface area (Å²) in [4.78, 5) is 24.6. The first-order valence-corrected chi connectivity index (χ1v) is 6.56. The van der Waals surface area contributed by atoms with E-state index in [1.54, 1.807) is 4.90 Å². The number of rotatable bonds is 3. The lowest BCUT2D eigenvalue weighted by Gasteiger charge is -2.35. The quantitative estimate of drug-likeness (QED) is 0.758. The molecule has 3 atom stereocenters. The molecule has 0 aromatic carbocycles. The fourth-order valence-electron chi connectivity index (χ4n) is 2.46. The van der Waals surface area contributed by atoms with Crippen molar-refractivity contribution >= 4 is 12.0 Å². The highest BCUT2D eigenvalue weighted by Gasteiger charge is 2.32. The minimum Gasteiger partial charge on any atom is -0.481 e. The van der Waals surface area contributed by atoms with Crippen molar-refractivity contribution in [1.29, 1.82) is 0 Å². The van der Waals surface area contributed by atoms with Crippen LogP contribution in [0.25, 0.3) is 0 Å². The Morgan fingerprint density at radius 3 is 2.84 bits per heavy atom. The first-order chi connectivity index (χ1) is 9.08. The van der Waals surface area contributed by atoms with Crippen molar-refractivity contribution in [2.75, 3.05) is 26.4 Å². The third-order valence-electron chi connectivity index (χ3n) is 3.58. The second-order valence-electron chi connectivity index (χ2n) is 4.94. The van der Waals surface area contributed by atoms with Gasteiger partial charge in [0, 0.05) is 13.2 Å². The lowest BCUT2D eigenvalue weighted by atomic mass is 10.1. The van der Waals surface area contributed by atoms with E-state index in [4.69, 9.17) is 14.6 Å². The molecule has 7 heteroatoms. The Hall–Kier alpha value is -1.34. The standard InChI is InChI=1S/C12H20N2O5/c1-8-10(2-4-19-8)13-12(17)14-3-5-18-7-9(14)6-11(15)16/h8-10H,2-7H2,1H3,(H,13,17)(H,15,16). The number of morpholine rings is 1. The lowest BCUT2D eigenvalue weighted by molar-refractivity contribution is -0.139. The van der Waals surface area contributed by atoms with Crippen LogP contribution >= 0.6 is 0 Å². The monoisotopic (exact) mass is 272 g/mol. The van der Waals surface area contributed by atoms with Crippen LogP contribution in [0.2, 0.25) is 0 Å². The molecule has 2 fully saturated rings. The molecule has 0 spiro atoms. The molecule has 3 unspecified atom stereocenters. The molecule has 2 amide bonds. The number of hydrogen-bond acceptors (Lipinski definition) is 4. The Labute approximate surface area is 111 Å². The number of ether oxygens (including phenoxy) is 2. The van der Waals surface area contributed by atoms with Crippen molar-refractivity contribution in [1.82, 2.24) is 10.2 Å². The van der Waals surface area contributed by atoms with E-state index in [1.807, 2.05) is 6.92 Å². The van der Waals surface area contributed by atoms with Gasteiger partial charge in [-0.05, 0) is 13.3 Å². The van der Waals surface area contributed by atoms with Gasteiger partial charge in [-0.1, -0.05) is 0 Å². The molecule has 0 aliphatic carbocycles. The van der Waals surface area contributed by atoms with Crippen LogP contribution < -0.4 is 5.32 Å². The van der Waals surface area contributed by atoms with Crippen molar-refractivity contribution < 1.29 is 24.2 Å². The molecule has 2 aliphatic heterocycles. The number of carboxylic acid groups (broad SMARTS) is 1. The largest absolute Gasteiger partial charge is 0.481 e. The molecule has 0 radical (unpaired) electrons. The summed E-state index contributed by atoms with van der Waals surface area (Å²) in [5, 5.41) is 11.8. The van der Waals surface area contributed by atoms with Crippen molar-refractivity contribution in [2.45, 2.75) is 38.0 Å². The Kier molecular flexibility index (Phi) is 4.60. The molecule has 2 saturated heterocycles. The zero-order valence-corrected chi connectivity index (χ0v) is 11.0. The van der Waals surface area contributed by atoms with Gasteiger partial charge >= 0.3 is 12.0 Å². The molecule has 2 aliphatic rings. The van der Waals surface area contributed by atoms with Crippen LogP contribution in [0, 0.1) is 0 Å². The first-order valence-electron chi connectivity index (χ1n) is 6.56. The zero-order valence-electron chi connectivity index (χ0n) is 11.0. The Balaban J connectivity index is 1.93. The topological polar surface area (TPSA) is 88.1 Å². The van der Waals surface area contributed by atoms with Crippen molar-refractivity contribution in [3.05, 3.63) is 0 Å². The van der Waals surface area contributed by atoms with Crippen LogP contribution in [0.15, 0.2) is 0 Å². The van der Waals surface area contributed by atoms with Gasteiger partial charge in [-0.15, -0.1) is 0 Å². The zero-order chi connectivity index (χ0) is 13.8. The van der Waals surface area contributed by atoms with Crippen molar-refractivity contribution in [3.63, 3.8) is 0 Å². The van der Waals surface area contributed by atoms with Gasteiger partial charge in [-0.3, -0.25) is 4.79 Å². The predicted octanol–water partition coefficient (Wildman–Crippen LogP) is 0.0489. The van der Waals surface area contributed by atoms with Crippen LogP contribution in [0.3, 0.4) is 0 Å². The highest BCUT2D eigenvalue weighted by atomic mass is 16.5. The second kappa shape index (κ2) is 6.21. The number of aliphatic carboxylic acids is 1. The molecule has 19 heavy (non-hydrogen) atoms. The minimum atomic E-state index is -0.925. The summed E-state index contributed by atoms with van der Waals surface area (Å²) in [6.45, 7) is 3.71. The first kappa shape index (κ1) is 14.1. The Morgan fingerprint density at radius 2 is 2.21 bits per heavy atom. The number of urea groups is 1. The van der Waals surface area contributed by atoms with Crippen LogP contribution in [-0.4, -0.2) is 66.6 Å². The average Bonchev–Trinajstić information content (AvgIpc) is 2.75. The second-order valence-corrected chi connectivity index (χ2v) is 4.94. The Bertz CT molecular complexity index is 349. The fraction of sp³-hybridized carbons (Fsp3) is 0.833. The van der Waals surface area contributed by atoms with Gasteiger partial charge in [0.25, 0.3) is 0 Å². The van der Waals surface area contributed by atoms with Gasteiger partial charge < -0.3 is 24.8 Å². The van der Waals surface area contributed by atoms with E-state index in [2.05, 4.69) is 5.32 Å². The maximum Gasteiger partial charge on any atom is 0.318 e. The number of hydrogen-bond donors (Lipinski definition) is 2. The van der Waals surface area contributed by atoms with E-state index in [9.17, 15) is 9.59 Å². The summed E-state index contributed by atoms with van der Waals surface area (Å²) in [5.74, 6) is -0.925. The molecule has 2 rings (SSSR count). The smallest absolute Gasteiger partial charge is 0.318 e. The number of amides is 2. The van der Waals surface area contributed by atoms with Crippen molar-refractivity contribution in [2.24, 2.45) is 0 Å². The lowest BCUT2D eigenvalue weighted by Crippen LogP contribution is -2.55. The SMILES string of the molecule is CC1OCCC1NC(=O)N1CCOCC1CC(=O)O. The minimum absolute atomic E-state index is 0.000762. The highest BCUT2D eigenvalue weighted by Crippen LogP contribution is 2.15. The molecule has 2 heterocycles. The molecular weight excluding hydrogens is 252 g/mol. The van der Waals surface area contributed by atoms with Gasteiger partial charge in [0.15, 0.2) is 0 Å². The number of carboxylic acids is 1. The molecule has 0 bridgehead atoms. The third kappa shape index (κ3) is 3.57. The molecule has 0 saturated carbocycles. The molecule has 0 aromatic rings. The van der Waals surface area contributed by atoms with E-state index < -0.39 is 12.0 Å². The van der Waals surface area contributed by atoms with Crippen LogP contribution in [0.4, 0.5) is 4.79 Å². The van der Waals surface area contributed by atoms with Gasteiger partial charge in [-0.25, -0.2) is 4.79 Å². The normalized spacial score (nSPS) is 31.2. The molecule has 7 nitrogen and oxygen atoms in total. The van der Waals surface area contributed by atoms with E-state index in [0.717, 1.165) is 6.42 Å². The molecule has 0 aromatic heterocycles. The van der Waals surface area contributed by atoms with Crippen molar-refractivity contribution in [3.8, 4) is 0 Å². The average molecular weight is 272 g/mol. The van der Waals surface area contributed by atoms with Gasteiger partial charge in [-0.2, -0.15) is 0 Å². The molecular formula is C12H20N2O5. The number of nitrogens with zero attached hydrogens (tertiary/aromatic N) is 1. The van der Waals surface area contributed by atoms with Crippen LogP contribution in [0.1, 0.15) is 19.8 Å². The molecule has 2 N–H and O–H groups in total. The number of nitrogens with one attached hydrogen (secondary N) is 1. The summed E-state index contributed by atoms with van der Waals surface area (Å²) in [6.07, 6.45) is 0.702. The van der Waals surface area contributed by atoms with Crippen LogP contribution in [0.5, 0.6) is 0 Å². The summed E-state index contributed by atoms with van der Waals surface area (Å²) >= 11 is 0. The molecule has 108 valence electrons. The van der Waals surface area contributed by atoms with E-state index >= 15 is 0 Å². The van der Waals surface area contributed by atoms with E-state index in [-0.39, 0.29) is 31.2 Å².